The van der Waals surface area contributed by atoms with Crippen LogP contribution in [0.25, 0.3) is 10.9 Å². The van der Waals surface area contributed by atoms with Crippen molar-refractivity contribution in [3.63, 3.8) is 0 Å². The fourth-order valence-corrected chi connectivity index (χ4v) is 4.04. The van der Waals surface area contributed by atoms with Crippen LogP contribution in [0.15, 0.2) is 47.3 Å². The molecular weight excluding hydrogens is 427 g/mol. The highest BCUT2D eigenvalue weighted by atomic mass is 19.1. The van der Waals surface area contributed by atoms with Crippen molar-refractivity contribution in [2.75, 3.05) is 6.54 Å². The van der Waals surface area contributed by atoms with Crippen molar-refractivity contribution in [3.8, 4) is 0 Å². The summed E-state index contributed by atoms with van der Waals surface area (Å²) in [5.41, 5.74) is 1.07. The van der Waals surface area contributed by atoms with Crippen molar-refractivity contribution < 1.29 is 18.8 Å². The van der Waals surface area contributed by atoms with E-state index in [1.165, 1.54) is 22.8 Å². The molecule has 1 unspecified atom stereocenters. The molecular formula is C24H23FN4O4. The summed E-state index contributed by atoms with van der Waals surface area (Å²) in [4.78, 5) is 53.5. The quantitative estimate of drug-likeness (QED) is 0.442. The van der Waals surface area contributed by atoms with Crippen LogP contribution in [0.1, 0.15) is 47.1 Å². The molecule has 1 aliphatic heterocycles. The molecule has 4 rings (SSSR count). The molecule has 0 spiro atoms. The molecule has 0 aliphatic carbocycles. The molecule has 1 saturated heterocycles. The molecule has 170 valence electrons. The van der Waals surface area contributed by atoms with Crippen molar-refractivity contribution in [3.05, 3.63) is 75.6 Å². The highest BCUT2D eigenvalue weighted by molar-refractivity contribution is 5.99. The van der Waals surface area contributed by atoms with Gasteiger partial charge in [0, 0.05) is 13.0 Å². The number of rotatable bonds is 6. The lowest BCUT2D eigenvalue weighted by Crippen LogP contribution is -2.45. The third kappa shape index (κ3) is 4.67. The predicted octanol–water partition coefficient (Wildman–Crippen LogP) is 2.18. The summed E-state index contributed by atoms with van der Waals surface area (Å²) in [5.74, 6) is -1.48. The van der Waals surface area contributed by atoms with Crippen LogP contribution in [0.5, 0.6) is 0 Å². The molecule has 2 N–H and O–H groups in total. The fraction of sp³-hybridized carbons (Fsp3) is 0.292. The Labute approximate surface area is 188 Å². The molecule has 8 nitrogen and oxygen atoms in total. The number of carbonyl (C=O) groups excluding carboxylic acids is 3. The number of nitrogens with zero attached hydrogens (tertiary/aromatic N) is 2. The summed E-state index contributed by atoms with van der Waals surface area (Å²) in [7, 11) is 0. The molecule has 1 aliphatic rings. The average Bonchev–Trinajstić information content (AvgIpc) is 2.78. The van der Waals surface area contributed by atoms with E-state index in [4.69, 9.17) is 0 Å². The Kier molecular flexibility index (Phi) is 6.30. The Morgan fingerprint density at radius 1 is 1.21 bits per heavy atom. The van der Waals surface area contributed by atoms with E-state index in [1.807, 2.05) is 6.07 Å². The molecule has 2 heterocycles. The number of nitrogens with one attached hydrogen (secondary N) is 2. The van der Waals surface area contributed by atoms with Crippen LogP contribution in [0.2, 0.25) is 0 Å². The second kappa shape index (κ2) is 9.32. The van der Waals surface area contributed by atoms with E-state index >= 15 is 0 Å². The number of fused-ring (bicyclic) bond motifs is 1. The smallest absolute Gasteiger partial charge is 0.262 e. The highest BCUT2D eigenvalue weighted by Gasteiger charge is 2.30. The lowest BCUT2D eigenvalue weighted by Gasteiger charge is -2.24. The molecule has 33 heavy (non-hydrogen) atoms. The van der Waals surface area contributed by atoms with Crippen molar-refractivity contribution in [2.24, 2.45) is 0 Å². The molecule has 1 aromatic heterocycles. The lowest BCUT2D eigenvalue weighted by atomic mass is 10.0. The zero-order valence-electron chi connectivity index (χ0n) is 18.1. The largest absolute Gasteiger partial charge is 0.352 e. The van der Waals surface area contributed by atoms with Gasteiger partial charge in [-0.3, -0.25) is 29.1 Å². The standard InChI is InChI=1S/C24H23FN4O4/c1-14-27-19-9-8-15(5-4-12-26-22(31)16-6-2-3-7-18(16)25)13-17(19)24(33)29(14)20-10-11-21(30)28-23(20)32/h2-3,6-9,13,20H,4-5,10-12H2,1H3,(H,26,31)(H,28,30,32). The van der Waals surface area contributed by atoms with Gasteiger partial charge in [0.15, 0.2) is 0 Å². The number of carbonyl (C=O) groups is 3. The predicted molar refractivity (Wildman–Crippen MR) is 119 cm³/mol. The zero-order chi connectivity index (χ0) is 23.5. The van der Waals surface area contributed by atoms with Crippen LogP contribution < -0.4 is 16.2 Å². The molecule has 0 bridgehead atoms. The molecule has 1 fully saturated rings. The van der Waals surface area contributed by atoms with E-state index in [0.29, 0.717) is 36.1 Å². The van der Waals surface area contributed by atoms with Gasteiger partial charge in [-0.05, 0) is 56.0 Å². The first-order valence-electron chi connectivity index (χ1n) is 10.7. The maximum absolute atomic E-state index is 13.7. The van der Waals surface area contributed by atoms with Crippen LogP contribution in [0.3, 0.4) is 0 Å². The van der Waals surface area contributed by atoms with Gasteiger partial charge in [0.25, 0.3) is 11.5 Å². The van der Waals surface area contributed by atoms with Crippen LogP contribution in [0, 0.1) is 12.7 Å². The molecule has 2 aromatic carbocycles. The Morgan fingerprint density at radius 3 is 2.76 bits per heavy atom. The second-order valence-corrected chi connectivity index (χ2v) is 7.99. The maximum atomic E-state index is 13.7. The van der Waals surface area contributed by atoms with Gasteiger partial charge in [-0.2, -0.15) is 0 Å². The van der Waals surface area contributed by atoms with Crippen molar-refractivity contribution >= 4 is 28.6 Å². The Morgan fingerprint density at radius 2 is 2.00 bits per heavy atom. The van der Waals surface area contributed by atoms with Crippen molar-refractivity contribution in [1.82, 2.24) is 20.2 Å². The third-order valence-corrected chi connectivity index (χ3v) is 5.71. The minimum Gasteiger partial charge on any atom is -0.352 e. The summed E-state index contributed by atoms with van der Waals surface area (Å²) in [6, 6.07) is 10.4. The minimum atomic E-state index is -0.774. The molecule has 9 heteroatoms. The normalized spacial score (nSPS) is 16.0. The number of piperidine rings is 1. The number of aromatic nitrogens is 2. The van der Waals surface area contributed by atoms with E-state index in [1.54, 1.807) is 25.1 Å². The molecule has 0 saturated carbocycles. The van der Waals surface area contributed by atoms with Gasteiger partial charge < -0.3 is 5.32 Å². The highest BCUT2D eigenvalue weighted by Crippen LogP contribution is 2.20. The maximum Gasteiger partial charge on any atom is 0.262 e. The number of amides is 3. The summed E-state index contributed by atoms with van der Waals surface area (Å²) >= 11 is 0. The molecule has 1 atom stereocenters. The van der Waals surface area contributed by atoms with Crippen LogP contribution >= 0.6 is 0 Å². The number of hydrogen-bond acceptors (Lipinski definition) is 5. The van der Waals surface area contributed by atoms with Gasteiger partial charge in [0.2, 0.25) is 11.8 Å². The fourth-order valence-electron chi connectivity index (χ4n) is 4.04. The lowest BCUT2D eigenvalue weighted by molar-refractivity contribution is -0.135. The Hall–Kier alpha value is -3.88. The summed E-state index contributed by atoms with van der Waals surface area (Å²) < 4.78 is 15.0. The molecule has 0 radical (unpaired) electrons. The number of halogens is 1. The van der Waals surface area contributed by atoms with Gasteiger partial charge in [0.05, 0.1) is 16.5 Å². The van der Waals surface area contributed by atoms with Crippen molar-refractivity contribution in [2.45, 2.75) is 38.6 Å². The first kappa shape index (κ1) is 22.3. The zero-order valence-corrected chi connectivity index (χ0v) is 18.1. The van der Waals surface area contributed by atoms with E-state index in [2.05, 4.69) is 15.6 Å². The number of benzene rings is 2. The monoisotopic (exact) mass is 450 g/mol. The third-order valence-electron chi connectivity index (χ3n) is 5.71. The minimum absolute atomic E-state index is 0.00125. The van der Waals surface area contributed by atoms with Crippen LogP contribution in [-0.2, 0) is 16.0 Å². The first-order valence-corrected chi connectivity index (χ1v) is 10.7. The van der Waals surface area contributed by atoms with E-state index in [9.17, 15) is 23.6 Å². The van der Waals surface area contributed by atoms with Crippen molar-refractivity contribution in [1.29, 1.82) is 0 Å². The van der Waals surface area contributed by atoms with Gasteiger partial charge >= 0.3 is 0 Å². The van der Waals surface area contributed by atoms with E-state index in [-0.39, 0.29) is 29.9 Å². The Balaban J connectivity index is 1.48. The molecule has 3 aromatic rings. The summed E-state index contributed by atoms with van der Waals surface area (Å²) in [6.45, 7) is 2.01. The summed E-state index contributed by atoms with van der Waals surface area (Å²) in [5, 5.41) is 5.36. The molecule has 3 amide bonds. The summed E-state index contributed by atoms with van der Waals surface area (Å²) in [6.07, 6.45) is 1.59. The number of hydrogen-bond donors (Lipinski definition) is 2. The second-order valence-electron chi connectivity index (χ2n) is 7.99. The topological polar surface area (TPSA) is 110 Å². The number of aryl methyl sites for hydroxylation is 2. The average molecular weight is 450 g/mol. The van der Waals surface area contributed by atoms with Gasteiger partial charge in [0.1, 0.15) is 17.7 Å². The van der Waals surface area contributed by atoms with Gasteiger partial charge in [-0.25, -0.2) is 9.37 Å². The van der Waals surface area contributed by atoms with E-state index in [0.717, 1.165) is 5.56 Å². The van der Waals surface area contributed by atoms with Gasteiger partial charge in [-0.15, -0.1) is 0 Å². The van der Waals surface area contributed by atoms with Crippen LogP contribution in [-0.4, -0.2) is 33.8 Å². The van der Waals surface area contributed by atoms with E-state index < -0.39 is 23.7 Å². The SMILES string of the molecule is Cc1nc2ccc(CCCNC(=O)c3ccccc3F)cc2c(=O)n1C1CCC(=O)NC1=O. The first-order chi connectivity index (χ1) is 15.8. The number of imide groups is 1. The Bertz CT molecular complexity index is 1320. The van der Waals surface area contributed by atoms with Crippen LogP contribution in [0.4, 0.5) is 4.39 Å². The van der Waals surface area contributed by atoms with Gasteiger partial charge in [-0.1, -0.05) is 18.2 Å².